The Kier molecular flexibility index (Phi) is 8.91. The molecule has 2 fully saturated rings. The van der Waals surface area contributed by atoms with Crippen LogP contribution in [0.25, 0.3) is 0 Å². The zero-order valence-electron chi connectivity index (χ0n) is 17.6. The molecule has 0 bridgehead atoms. The van der Waals surface area contributed by atoms with E-state index in [-0.39, 0.29) is 23.8 Å². The summed E-state index contributed by atoms with van der Waals surface area (Å²) in [6.45, 7) is 3.81. The first kappa shape index (κ1) is 23.6. The van der Waals surface area contributed by atoms with Crippen molar-refractivity contribution in [3.8, 4) is 0 Å². The third kappa shape index (κ3) is 6.17. The summed E-state index contributed by atoms with van der Waals surface area (Å²) in [6, 6.07) is -1.93. The van der Waals surface area contributed by atoms with Gasteiger partial charge < -0.3 is 31.3 Å². The number of likely N-dealkylation sites (tertiary alicyclic amines) is 1. The van der Waals surface area contributed by atoms with Gasteiger partial charge in [0.1, 0.15) is 12.1 Å². The Morgan fingerprint density at radius 1 is 1.07 bits per heavy atom. The predicted octanol–water partition coefficient (Wildman–Crippen LogP) is -1.42. The maximum Gasteiger partial charge on any atom is 0.475 e. The van der Waals surface area contributed by atoms with Crippen molar-refractivity contribution in [3.05, 3.63) is 0 Å². The Morgan fingerprint density at radius 3 is 2.31 bits per heavy atom. The van der Waals surface area contributed by atoms with Crippen LogP contribution in [0.1, 0.15) is 65.2 Å². The predicted molar refractivity (Wildman–Crippen MR) is 108 cm³/mol. The van der Waals surface area contributed by atoms with Gasteiger partial charge in [0.2, 0.25) is 11.8 Å². The van der Waals surface area contributed by atoms with Crippen LogP contribution in [0.2, 0.25) is 0 Å². The largest absolute Gasteiger partial charge is 0.475 e. The molecule has 0 aromatic carbocycles. The van der Waals surface area contributed by atoms with Crippen LogP contribution in [0.5, 0.6) is 0 Å². The van der Waals surface area contributed by atoms with Gasteiger partial charge in [0, 0.05) is 12.5 Å². The zero-order chi connectivity index (χ0) is 21.6. The molecule has 1 saturated carbocycles. The van der Waals surface area contributed by atoms with Crippen molar-refractivity contribution in [2.45, 2.75) is 89.3 Å². The molecular formula is C19H36BN4O5+. The Balaban J connectivity index is 1.89. The third-order valence-corrected chi connectivity index (χ3v) is 6.26. The van der Waals surface area contributed by atoms with Gasteiger partial charge in [-0.3, -0.25) is 14.4 Å². The van der Waals surface area contributed by atoms with Crippen LogP contribution < -0.4 is 16.4 Å². The lowest BCUT2D eigenvalue weighted by Crippen LogP contribution is -2.71. The molecule has 0 aromatic rings. The molecule has 164 valence electrons. The van der Waals surface area contributed by atoms with Crippen LogP contribution in [0.15, 0.2) is 0 Å². The standard InChI is InChI=1S/C19H35BN4O5/c1-3-14(19(27)24-11-7-10-15(24)20(28)29)23-17(25)12(2)22-18(26)16(21)13-8-5-4-6-9-13/h12-16,28-29H,3-11,21H2,1-2H3,(H,22,26)(H,23,25)/p+1. The van der Waals surface area contributed by atoms with Crippen molar-refractivity contribution in [1.29, 1.82) is 0 Å². The van der Waals surface area contributed by atoms with Crippen LogP contribution >= 0.6 is 0 Å². The average Bonchev–Trinajstić information content (AvgIpc) is 3.21. The van der Waals surface area contributed by atoms with E-state index in [0.29, 0.717) is 25.8 Å². The maximum absolute atomic E-state index is 12.8. The van der Waals surface area contributed by atoms with Crippen LogP contribution in [0.3, 0.4) is 0 Å². The quantitative estimate of drug-likeness (QED) is 0.311. The fourth-order valence-electron chi connectivity index (χ4n) is 4.35. The molecule has 2 aliphatic rings. The van der Waals surface area contributed by atoms with Crippen molar-refractivity contribution >= 4 is 24.8 Å². The number of nitrogens with zero attached hydrogens (tertiary/aromatic N) is 1. The molecule has 1 heterocycles. The van der Waals surface area contributed by atoms with Gasteiger partial charge in [-0.1, -0.05) is 26.2 Å². The molecule has 9 nitrogen and oxygen atoms in total. The Bertz CT molecular complexity index is 585. The number of hydrogen-bond acceptors (Lipinski definition) is 5. The van der Waals surface area contributed by atoms with Gasteiger partial charge in [-0.05, 0) is 39.0 Å². The number of carbonyl (C=O) groups excluding carboxylic acids is 3. The second kappa shape index (κ2) is 10.9. The van der Waals surface area contributed by atoms with Gasteiger partial charge in [-0.2, -0.15) is 0 Å². The number of nitrogens with one attached hydrogen (secondary N) is 2. The zero-order valence-corrected chi connectivity index (χ0v) is 17.6. The van der Waals surface area contributed by atoms with Gasteiger partial charge in [-0.15, -0.1) is 0 Å². The van der Waals surface area contributed by atoms with E-state index in [0.717, 1.165) is 25.7 Å². The minimum absolute atomic E-state index is 0.234. The summed E-state index contributed by atoms with van der Waals surface area (Å²) in [6.07, 6.45) is 6.98. The van der Waals surface area contributed by atoms with Gasteiger partial charge in [0.05, 0.1) is 5.94 Å². The molecule has 0 radical (unpaired) electrons. The summed E-state index contributed by atoms with van der Waals surface area (Å²) in [4.78, 5) is 39.3. The molecule has 0 spiro atoms. The molecule has 1 saturated heterocycles. The number of quaternary nitrogens is 1. The summed E-state index contributed by atoms with van der Waals surface area (Å²) < 4.78 is 0. The number of rotatable bonds is 8. The van der Waals surface area contributed by atoms with E-state index >= 15 is 0 Å². The van der Waals surface area contributed by atoms with Crippen molar-refractivity contribution < 1.29 is 30.2 Å². The smallest absolute Gasteiger partial charge is 0.426 e. The summed E-state index contributed by atoms with van der Waals surface area (Å²) in [5.74, 6) is -1.39. The molecule has 3 amide bonds. The molecular weight excluding hydrogens is 375 g/mol. The highest BCUT2D eigenvalue weighted by Gasteiger charge is 2.39. The number of carbonyl (C=O) groups is 3. The van der Waals surface area contributed by atoms with E-state index in [4.69, 9.17) is 0 Å². The first-order chi connectivity index (χ1) is 13.8. The second-order valence-electron chi connectivity index (χ2n) is 8.36. The Morgan fingerprint density at radius 2 is 1.72 bits per heavy atom. The van der Waals surface area contributed by atoms with E-state index in [1.165, 1.54) is 11.3 Å². The van der Waals surface area contributed by atoms with Gasteiger partial charge in [-0.25, -0.2) is 0 Å². The third-order valence-electron chi connectivity index (χ3n) is 6.26. The molecule has 29 heavy (non-hydrogen) atoms. The second-order valence-corrected chi connectivity index (χ2v) is 8.36. The van der Waals surface area contributed by atoms with Crippen LogP contribution in [0, 0.1) is 5.92 Å². The summed E-state index contributed by atoms with van der Waals surface area (Å²) in [7, 11) is -1.60. The molecule has 10 heteroatoms. The molecule has 7 N–H and O–H groups in total. The lowest BCUT2D eigenvalue weighted by Gasteiger charge is -2.29. The first-order valence-corrected chi connectivity index (χ1v) is 10.9. The summed E-state index contributed by atoms with van der Waals surface area (Å²) in [5, 5.41) is 24.4. The highest BCUT2D eigenvalue weighted by atomic mass is 16.4. The fourth-order valence-corrected chi connectivity index (χ4v) is 4.35. The van der Waals surface area contributed by atoms with Crippen LogP contribution in [-0.4, -0.2) is 70.4 Å². The molecule has 1 aliphatic carbocycles. The lowest BCUT2D eigenvalue weighted by atomic mass is 9.77. The Labute approximate surface area is 172 Å². The lowest BCUT2D eigenvalue weighted by molar-refractivity contribution is -0.418. The minimum atomic E-state index is -1.60. The summed E-state index contributed by atoms with van der Waals surface area (Å²) >= 11 is 0. The van der Waals surface area contributed by atoms with E-state index in [1.54, 1.807) is 13.8 Å². The topological polar surface area (TPSA) is 147 Å². The highest BCUT2D eigenvalue weighted by Crippen LogP contribution is 2.25. The molecule has 4 unspecified atom stereocenters. The Hall–Kier alpha value is -1.65. The van der Waals surface area contributed by atoms with Gasteiger partial charge >= 0.3 is 7.12 Å². The van der Waals surface area contributed by atoms with Crippen molar-refractivity contribution in [2.24, 2.45) is 5.92 Å². The van der Waals surface area contributed by atoms with Crippen LogP contribution in [0.4, 0.5) is 0 Å². The SMILES string of the molecule is CCC(NC(=O)C(C)NC(=O)C([NH3+])C1CCCCC1)C(=O)N1CCCC1B(O)O. The van der Waals surface area contributed by atoms with Crippen LogP contribution in [-0.2, 0) is 14.4 Å². The monoisotopic (exact) mass is 411 g/mol. The fraction of sp³-hybridized carbons (Fsp3) is 0.842. The minimum Gasteiger partial charge on any atom is -0.426 e. The first-order valence-electron chi connectivity index (χ1n) is 10.9. The van der Waals surface area contributed by atoms with Crippen molar-refractivity contribution in [3.63, 3.8) is 0 Å². The normalized spacial score (nSPS) is 23.2. The van der Waals surface area contributed by atoms with E-state index in [2.05, 4.69) is 16.4 Å². The van der Waals surface area contributed by atoms with Gasteiger partial charge in [0.15, 0.2) is 6.04 Å². The maximum atomic E-state index is 12.8. The van der Waals surface area contributed by atoms with Crippen molar-refractivity contribution in [1.82, 2.24) is 15.5 Å². The molecule has 1 aliphatic heterocycles. The van der Waals surface area contributed by atoms with Crippen molar-refractivity contribution in [2.75, 3.05) is 6.54 Å². The average molecular weight is 411 g/mol. The van der Waals surface area contributed by atoms with E-state index in [1.807, 2.05) is 0 Å². The number of amides is 3. The molecule has 4 atom stereocenters. The highest BCUT2D eigenvalue weighted by molar-refractivity contribution is 6.43. The molecule has 2 rings (SSSR count). The van der Waals surface area contributed by atoms with Gasteiger partial charge in [0.25, 0.3) is 5.91 Å². The summed E-state index contributed by atoms with van der Waals surface area (Å²) in [5.41, 5.74) is 4.00. The molecule has 0 aromatic heterocycles. The van der Waals surface area contributed by atoms with E-state index in [9.17, 15) is 24.4 Å². The number of hydrogen-bond donors (Lipinski definition) is 5. The van der Waals surface area contributed by atoms with E-state index < -0.39 is 31.1 Å².